The molecule has 4 aromatic rings. The zero-order chi connectivity index (χ0) is 20.7. The van der Waals surface area contributed by atoms with Gasteiger partial charge in [0.25, 0.3) is 0 Å². The largest absolute Gasteiger partial charge is 0.330 e. The van der Waals surface area contributed by atoms with Crippen LogP contribution in [0, 0.1) is 11.6 Å². The normalized spacial score (nSPS) is 12.9. The van der Waals surface area contributed by atoms with Gasteiger partial charge in [0.05, 0.1) is 0 Å². The van der Waals surface area contributed by atoms with E-state index in [4.69, 9.17) is 0 Å². The average Bonchev–Trinajstić information content (AvgIpc) is 3.39. The molecule has 0 saturated carbocycles. The summed E-state index contributed by atoms with van der Waals surface area (Å²) in [4.78, 5) is 17.3. The van der Waals surface area contributed by atoms with E-state index in [-0.39, 0.29) is 17.7 Å². The summed E-state index contributed by atoms with van der Waals surface area (Å²) < 4.78 is 31.6. The molecular weight excluding hydrogens is 388 g/mol. The van der Waals surface area contributed by atoms with Gasteiger partial charge < -0.3 is 4.57 Å². The molecule has 0 aliphatic carbocycles. The highest BCUT2D eigenvalue weighted by atomic mass is 19.1. The maximum Gasteiger partial charge on any atom is 0.187 e. The van der Waals surface area contributed by atoms with E-state index in [9.17, 15) is 13.6 Å². The first-order valence-electron chi connectivity index (χ1n) is 9.62. The number of ketones is 1. The number of fused-ring (bicyclic) bond motifs is 3. The number of aromatic nitrogens is 5. The molecule has 3 heterocycles. The van der Waals surface area contributed by atoms with Gasteiger partial charge in [-0.25, -0.2) is 13.8 Å². The van der Waals surface area contributed by atoms with Gasteiger partial charge in [-0.05, 0) is 42.7 Å². The Hall–Kier alpha value is -3.68. The number of carbonyl (C=O) groups excluding carboxylic acids is 1. The van der Waals surface area contributed by atoms with Crippen LogP contribution in [0.25, 0.3) is 17.1 Å². The fourth-order valence-electron chi connectivity index (χ4n) is 3.81. The van der Waals surface area contributed by atoms with E-state index in [1.165, 1.54) is 6.07 Å². The Kier molecular flexibility index (Phi) is 4.46. The first-order chi connectivity index (χ1) is 14.6. The van der Waals surface area contributed by atoms with Gasteiger partial charge in [0.2, 0.25) is 0 Å². The van der Waals surface area contributed by atoms with Crippen molar-refractivity contribution in [2.75, 3.05) is 0 Å². The molecule has 5 rings (SSSR count). The molecular formula is C22H17F2N5O. The van der Waals surface area contributed by atoms with Gasteiger partial charge in [0.1, 0.15) is 35.8 Å². The first kappa shape index (κ1) is 18.4. The molecule has 0 N–H and O–H groups in total. The van der Waals surface area contributed by atoms with Gasteiger partial charge in [0, 0.05) is 36.0 Å². The summed E-state index contributed by atoms with van der Waals surface area (Å²) in [5.74, 6) is -1.20. The molecule has 0 bridgehead atoms. The van der Waals surface area contributed by atoms with Crippen LogP contribution in [0.1, 0.15) is 28.0 Å². The maximum atomic E-state index is 14.0. The summed E-state index contributed by atoms with van der Waals surface area (Å²) in [6.45, 7) is 0.709. The van der Waals surface area contributed by atoms with E-state index in [1.54, 1.807) is 23.4 Å². The van der Waals surface area contributed by atoms with Gasteiger partial charge in [0.15, 0.2) is 5.78 Å². The zero-order valence-corrected chi connectivity index (χ0v) is 15.9. The van der Waals surface area contributed by atoms with Gasteiger partial charge in [-0.15, -0.1) is 10.2 Å². The number of Topliss-reactive ketones (excluding diaryl/α,β-unsaturated/α-hetero) is 1. The fraction of sp³-hybridized carbons (Fsp3) is 0.182. The molecule has 1 aliphatic rings. The Bertz CT molecular complexity index is 1230. The molecule has 0 radical (unpaired) electrons. The highest BCUT2D eigenvalue weighted by Gasteiger charge is 2.22. The molecule has 2 aromatic carbocycles. The van der Waals surface area contributed by atoms with Gasteiger partial charge >= 0.3 is 0 Å². The van der Waals surface area contributed by atoms with Crippen LogP contribution in [-0.2, 0) is 19.4 Å². The van der Waals surface area contributed by atoms with Gasteiger partial charge in [-0.3, -0.25) is 9.36 Å². The van der Waals surface area contributed by atoms with Crippen LogP contribution < -0.4 is 0 Å². The number of carbonyl (C=O) groups is 1. The van der Waals surface area contributed by atoms with E-state index in [0.29, 0.717) is 12.4 Å². The SMILES string of the molecule is O=C(Cc1c(F)cccc1F)c1cn2c(n1)-c1cc(-n3cnnc3)ccc1CCC2. The number of halogens is 2. The monoisotopic (exact) mass is 405 g/mol. The van der Waals surface area contributed by atoms with Crippen LogP contribution in [0.15, 0.2) is 55.2 Å². The lowest BCUT2D eigenvalue weighted by atomic mass is 10.0. The van der Waals surface area contributed by atoms with Crippen LogP contribution in [-0.4, -0.2) is 30.1 Å². The summed E-state index contributed by atoms with van der Waals surface area (Å²) in [6.07, 6.45) is 6.33. The van der Waals surface area contributed by atoms with Crippen molar-refractivity contribution in [3.8, 4) is 17.1 Å². The molecule has 1 aliphatic heterocycles. The zero-order valence-electron chi connectivity index (χ0n) is 15.9. The van der Waals surface area contributed by atoms with Crippen molar-refractivity contribution in [3.63, 3.8) is 0 Å². The third-order valence-electron chi connectivity index (χ3n) is 5.36. The molecule has 0 spiro atoms. The molecule has 2 aromatic heterocycles. The van der Waals surface area contributed by atoms with Crippen molar-refractivity contribution in [2.45, 2.75) is 25.8 Å². The molecule has 0 atom stereocenters. The van der Waals surface area contributed by atoms with Gasteiger partial charge in [-0.1, -0.05) is 12.1 Å². The predicted molar refractivity (Wildman–Crippen MR) is 105 cm³/mol. The first-order valence-corrected chi connectivity index (χ1v) is 9.62. The van der Waals surface area contributed by atoms with Crippen LogP contribution in [0.4, 0.5) is 8.78 Å². The third-order valence-corrected chi connectivity index (χ3v) is 5.36. The summed E-state index contributed by atoms with van der Waals surface area (Å²) in [7, 11) is 0. The number of imidazole rings is 1. The summed E-state index contributed by atoms with van der Waals surface area (Å²) >= 11 is 0. The number of benzene rings is 2. The Labute approximate surface area is 170 Å². The minimum Gasteiger partial charge on any atom is -0.330 e. The highest BCUT2D eigenvalue weighted by molar-refractivity contribution is 5.96. The van der Waals surface area contributed by atoms with Crippen molar-refractivity contribution in [2.24, 2.45) is 0 Å². The minimum atomic E-state index is -0.729. The van der Waals surface area contributed by atoms with Gasteiger partial charge in [-0.2, -0.15) is 0 Å². The number of rotatable bonds is 4. The second-order valence-corrected chi connectivity index (χ2v) is 7.26. The molecule has 6 nitrogen and oxygen atoms in total. The fourth-order valence-corrected chi connectivity index (χ4v) is 3.81. The summed E-state index contributed by atoms with van der Waals surface area (Å²) in [5, 5.41) is 7.68. The molecule has 0 amide bonds. The molecule has 30 heavy (non-hydrogen) atoms. The Morgan fingerprint density at radius 1 is 1.07 bits per heavy atom. The lowest BCUT2D eigenvalue weighted by Gasteiger charge is -2.09. The third kappa shape index (κ3) is 3.20. The topological polar surface area (TPSA) is 65.6 Å². The standard InChI is InChI=1S/C22H17F2N5O/c23-18-4-1-5-19(24)17(18)10-21(30)20-11-28-8-2-3-14-6-7-15(29-12-25-26-13-29)9-16(14)22(28)27-20/h1,4-7,9,11-13H,2-3,8,10H2. The predicted octanol–water partition coefficient (Wildman–Crippen LogP) is 3.78. The molecule has 0 fully saturated rings. The van der Waals surface area contributed by atoms with Crippen LogP contribution in [0.2, 0.25) is 0 Å². The quantitative estimate of drug-likeness (QED) is 0.485. The van der Waals surface area contributed by atoms with Crippen molar-refractivity contribution in [1.82, 2.24) is 24.3 Å². The number of nitrogens with zero attached hydrogens (tertiary/aromatic N) is 5. The highest BCUT2D eigenvalue weighted by Crippen LogP contribution is 2.30. The van der Waals surface area contributed by atoms with Crippen molar-refractivity contribution < 1.29 is 13.6 Å². The Morgan fingerprint density at radius 3 is 2.60 bits per heavy atom. The molecule has 0 unspecified atom stereocenters. The van der Waals surface area contributed by atoms with Crippen molar-refractivity contribution >= 4 is 5.78 Å². The van der Waals surface area contributed by atoms with Crippen LogP contribution >= 0.6 is 0 Å². The van der Waals surface area contributed by atoms with Crippen LogP contribution in [0.3, 0.4) is 0 Å². The van der Waals surface area contributed by atoms with E-state index in [1.807, 2.05) is 22.8 Å². The Balaban J connectivity index is 1.53. The van der Waals surface area contributed by atoms with Crippen molar-refractivity contribution in [3.05, 3.63) is 83.7 Å². The Morgan fingerprint density at radius 2 is 1.83 bits per heavy atom. The average molecular weight is 405 g/mol. The smallest absolute Gasteiger partial charge is 0.187 e. The summed E-state index contributed by atoms with van der Waals surface area (Å²) in [5.41, 5.74) is 2.91. The number of hydrogen-bond acceptors (Lipinski definition) is 4. The second kappa shape index (κ2) is 7.29. The lowest BCUT2D eigenvalue weighted by molar-refractivity contribution is 0.0986. The molecule has 8 heteroatoms. The van der Waals surface area contributed by atoms with E-state index < -0.39 is 17.4 Å². The lowest BCUT2D eigenvalue weighted by Crippen LogP contribution is -2.08. The van der Waals surface area contributed by atoms with E-state index >= 15 is 0 Å². The number of hydrogen-bond donors (Lipinski definition) is 0. The van der Waals surface area contributed by atoms with Crippen LogP contribution in [0.5, 0.6) is 0 Å². The summed E-state index contributed by atoms with van der Waals surface area (Å²) in [6, 6.07) is 9.61. The molecule has 0 saturated heterocycles. The van der Waals surface area contributed by atoms with E-state index in [2.05, 4.69) is 15.2 Å². The second-order valence-electron chi connectivity index (χ2n) is 7.26. The minimum absolute atomic E-state index is 0.204. The molecule has 150 valence electrons. The van der Waals surface area contributed by atoms with E-state index in [0.717, 1.165) is 41.8 Å². The number of aryl methyl sites for hydroxylation is 2. The maximum absolute atomic E-state index is 14.0. The van der Waals surface area contributed by atoms with Crippen molar-refractivity contribution in [1.29, 1.82) is 0 Å².